The maximum atomic E-state index is 12.2. The number of likely N-dealkylation sites (tertiary alicyclic amines) is 1. The first-order valence-electron chi connectivity index (χ1n) is 9.60. The molecule has 1 aliphatic carbocycles. The minimum absolute atomic E-state index is 0. The number of nitrogens with one attached hydrogen (secondary N) is 2. The van der Waals surface area contributed by atoms with Crippen LogP contribution in [0, 0.1) is 0 Å². The molecule has 1 aliphatic heterocycles. The van der Waals surface area contributed by atoms with Gasteiger partial charge in [-0.05, 0) is 56.5 Å². The monoisotopic (exact) mass is 415 g/mol. The van der Waals surface area contributed by atoms with Crippen LogP contribution >= 0.6 is 12.4 Å². The van der Waals surface area contributed by atoms with E-state index in [1.807, 2.05) is 12.1 Å². The third-order valence-corrected chi connectivity index (χ3v) is 5.96. The smallest absolute Gasteiger partial charge is 0.345 e. The number of rotatable bonds is 3. The van der Waals surface area contributed by atoms with E-state index < -0.39 is 22.8 Å². The second-order valence-electron chi connectivity index (χ2n) is 7.67. The first-order valence-corrected chi connectivity index (χ1v) is 9.60. The van der Waals surface area contributed by atoms with Gasteiger partial charge in [0.2, 0.25) is 0 Å². The van der Waals surface area contributed by atoms with Crippen LogP contribution in [0.15, 0.2) is 23.0 Å². The van der Waals surface area contributed by atoms with Gasteiger partial charge in [0.1, 0.15) is 5.75 Å². The lowest BCUT2D eigenvalue weighted by atomic mass is 9.86. The SMILES string of the molecule is Cl.O=C(O)c1c(O)c2c([nH]c1=O)-c1ccc3[nH]c(CN4CCCC4)cc3c1CC2. The molecular weight excluding hydrogens is 394 g/mol. The summed E-state index contributed by atoms with van der Waals surface area (Å²) in [6.07, 6.45) is 3.67. The highest BCUT2D eigenvalue weighted by molar-refractivity contribution is 5.95. The number of halogens is 1. The highest BCUT2D eigenvalue weighted by Crippen LogP contribution is 2.40. The Labute approximate surface area is 172 Å². The van der Waals surface area contributed by atoms with E-state index in [2.05, 4.69) is 20.9 Å². The second kappa shape index (κ2) is 7.24. The fraction of sp³-hybridized carbons (Fsp3) is 0.333. The summed E-state index contributed by atoms with van der Waals surface area (Å²) in [5.74, 6) is -1.83. The number of benzene rings is 1. The average Bonchev–Trinajstić information content (AvgIpc) is 3.30. The summed E-state index contributed by atoms with van der Waals surface area (Å²) in [5.41, 5.74) is 3.86. The fourth-order valence-corrected chi connectivity index (χ4v) is 4.64. The Morgan fingerprint density at radius 3 is 2.55 bits per heavy atom. The summed E-state index contributed by atoms with van der Waals surface area (Å²) in [6.45, 7) is 3.17. The Morgan fingerprint density at radius 1 is 1.10 bits per heavy atom. The van der Waals surface area contributed by atoms with Crippen LogP contribution in [-0.2, 0) is 19.4 Å². The Hall–Kier alpha value is -2.77. The van der Waals surface area contributed by atoms with Crippen LogP contribution in [0.2, 0.25) is 0 Å². The molecule has 0 spiro atoms. The number of aromatic amines is 2. The standard InChI is InChI=1S/C21H21N3O4.ClH/c25-19-14-4-3-12-13(18(14)23-20(26)17(19)21(27)28)5-6-16-15(12)9-11(22-16)10-24-7-1-2-8-24;/h5-6,9,22H,1-4,7-8,10H2,(H,27,28)(H2,23,25,26);1H. The van der Waals surface area contributed by atoms with Gasteiger partial charge in [-0.25, -0.2) is 4.79 Å². The van der Waals surface area contributed by atoms with Crippen LogP contribution < -0.4 is 5.56 Å². The predicted molar refractivity (Wildman–Crippen MR) is 112 cm³/mol. The van der Waals surface area contributed by atoms with E-state index in [9.17, 15) is 19.8 Å². The molecule has 7 nitrogen and oxygen atoms in total. The summed E-state index contributed by atoms with van der Waals surface area (Å²) >= 11 is 0. The van der Waals surface area contributed by atoms with Crippen molar-refractivity contribution in [2.24, 2.45) is 0 Å². The summed E-state index contributed by atoms with van der Waals surface area (Å²) in [7, 11) is 0. The molecule has 0 amide bonds. The molecule has 8 heteroatoms. The summed E-state index contributed by atoms with van der Waals surface area (Å²) in [6, 6.07) is 6.10. The molecule has 0 radical (unpaired) electrons. The number of nitrogens with zero attached hydrogens (tertiary/aromatic N) is 1. The van der Waals surface area contributed by atoms with Gasteiger partial charge in [0.05, 0.1) is 5.69 Å². The van der Waals surface area contributed by atoms with Crippen LogP contribution in [0.3, 0.4) is 0 Å². The molecule has 0 atom stereocenters. The largest absolute Gasteiger partial charge is 0.506 e. The van der Waals surface area contributed by atoms with Crippen molar-refractivity contribution in [1.82, 2.24) is 14.9 Å². The lowest BCUT2D eigenvalue weighted by molar-refractivity contribution is 0.0691. The summed E-state index contributed by atoms with van der Waals surface area (Å²) < 4.78 is 0. The van der Waals surface area contributed by atoms with E-state index in [4.69, 9.17) is 0 Å². The molecular formula is C21H22ClN3O4. The van der Waals surface area contributed by atoms with Crippen molar-refractivity contribution in [2.45, 2.75) is 32.2 Å². The van der Waals surface area contributed by atoms with Gasteiger partial charge in [-0.2, -0.15) is 0 Å². The van der Waals surface area contributed by atoms with Crippen LogP contribution in [0.25, 0.3) is 22.2 Å². The van der Waals surface area contributed by atoms with Crippen LogP contribution in [0.5, 0.6) is 5.75 Å². The number of aromatic hydroxyl groups is 1. The third-order valence-electron chi connectivity index (χ3n) is 5.96. The number of pyridine rings is 1. The highest BCUT2D eigenvalue weighted by Gasteiger charge is 2.27. The fourth-order valence-electron chi connectivity index (χ4n) is 4.64. The predicted octanol–water partition coefficient (Wildman–Crippen LogP) is 3.04. The van der Waals surface area contributed by atoms with Gasteiger partial charge >= 0.3 is 5.97 Å². The minimum atomic E-state index is -1.42. The van der Waals surface area contributed by atoms with Crippen molar-refractivity contribution in [2.75, 3.05) is 13.1 Å². The number of hydrogen-bond acceptors (Lipinski definition) is 4. The van der Waals surface area contributed by atoms with Crippen LogP contribution in [0.1, 0.15) is 40.0 Å². The number of carboxylic acid groups (broad SMARTS) is 1. The van der Waals surface area contributed by atoms with E-state index in [0.717, 1.165) is 41.7 Å². The molecule has 5 rings (SSSR count). The van der Waals surface area contributed by atoms with Crippen molar-refractivity contribution in [1.29, 1.82) is 0 Å². The lowest BCUT2D eigenvalue weighted by Crippen LogP contribution is -2.22. The van der Waals surface area contributed by atoms with Gasteiger partial charge in [0.25, 0.3) is 5.56 Å². The molecule has 152 valence electrons. The molecule has 1 fully saturated rings. The quantitative estimate of drug-likeness (QED) is 0.525. The van der Waals surface area contributed by atoms with E-state index in [1.54, 1.807) is 0 Å². The molecule has 3 heterocycles. The van der Waals surface area contributed by atoms with E-state index in [0.29, 0.717) is 24.1 Å². The second-order valence-corrected chi connectivity index (χ2v) is 7.67. The van der Waals surface area contributed by atoms with Gasteiger partial charge in [0, 0.05) is 34.3 Å². The molecule has 3 aromatic rings. The van der Waals surface area contributed by atoms with Crippen LogP contribution in [0.4, 0.5) is 0 Å². The Balaban J connectivity index is 0.00000205. The summed E-state index contributed by atoms with van der Waals surface area (Å²) in [4.78, 5) is 32.2. The number of aryl methyl sites for hydroxylation is 1. The molecule has 2 aliphatic rings. The number of aromatic carboxylic acids is 1. The molecule has 0 unspecified atom stereocenters. The number of hydrogen-bond donors (Lipinski definition) is 4. The Morgan fingerprint density at radius 2 is 1.83 bits per heavy atom. The van der Waals surface area contributed by atoms with E-state index >= 15 is 0 Å². The topological polar surface area (TPSA) is 109 Å². The zero-order valence-corrected chi connectivity index (χ0v) is 16.6. The van der Waals surface area contributed by atoms with Gasteiger partial charge in [-0.15, -0.1) is 12.4 Å². The minimum Gasteiger partial charge on any atom is -0.506 e. The first kappa shape index (κ1) is 19.5. The van der Waals surface area contributed by atoms with E-state index in [-0.39, 0.29) is 12.4 Å². The Kier molecular flexibility index (Phi) is 4.88. The Bertz CT molecular complexity index is 1170. The average molecular weight is 416 g/mol. The van der Waals surface area contributed by atoms with Crippen molar-refractivity contribution >= 4 is 29.3 Å². The molecule has 0 saturated carbocycles. The van der Waals surface area contributed by atoms with Crippen molar-refractivity contribution in [3.8, 4) is 17.0 Å². The van der Waals surface area contributed by atoms with Gasteiger partial charge < -0.3 is 20.2 Å². The van der Waals surface area contributed by atoms with Gasteiger partial charge in [-0.1, -0.05) is 6.07 Å². The number of carbonyl (C=O) groups is 1. The maximum Gasteiger partial charge on any atom is 0.345 e. The molecule has 1 saturated heterocycles. The van der Waals surface area contributed by atoms with Crippen LogP contribution in [-0.4, -0.2) is 44.1 Å². The molecule has 1 aromatic carbocycles. The lowest BCUT2D eigenvalue weighted by Gasteiger charge is -2.21. The molecule has 4 N–H and O–H groups in total. The molecule has 2 aromatic heterocycles. The zero-order chi connectivity index (χ0) is 19.4. The number of H-pyrrole nitrogens is 2. The van der Waals surface area contributed by atoms with E-state index in [1.165, 1.54) is 18.5 Å². The zero-order valence-electron chi connectivity index (χ0n) is 15.7. The summed E-state index contributed by atoms with van der Waals surface area (Å²) in [5, 5.41) is 20.7. The van der Waals surface area contributed by atoms with Crippen molar-refractivity contribution < 1.29 is 15.0 Å². The van der Waals surface area contributed by atoms with Gasteiger partial charge in [0.15, 0.2) is 5.56 Å². The molecule has 29 heavy (non-hydrogen) atoms. The number of fused-ring (bicyclic) bond motifs is 5. The highest BCUT2D eigenvalue weighted by atomic mass is 35.5. The van der Waals surface area contributed by atoms with Crippen molar-refractivity contribution in [3.05, 3.63) is 50.9 Å². The number of carboxylic acids is 1. The number of aromatic nitrogens is 2. The third kappa shape index (κ3) is 3.10. The molecule has 0 bridgehead atoms. The normalized spacial score (nSPS) is 15.7. The van der Waals surface area contributed by atoms with Gasteiger partial charge in [-0.3, -0.25) is 9.69 Å². The van der Waals surface area contributed by atoms with Crippen molar-refractivity contribution in [3.63, 3.8) is 0 Å². The first-order chi connectivity index (χ1) is 13.5. The maximum absolute atomic E-state index is 12.2.